The molecule has 3 rings (SSSR count). The van der Waals surface area contributed by atoms with Gasteiger partial charge in [0.2, 0.25) is 5.91 Å². The second-order valence-corrected chi connectivity index (χ2v) is 7.72. The highest BCUT2D eigenvalue weighted by molar-refractivity contribution is 9.10. The molecule has 26 heavy (non-hydrogen) atoms. The molecule has 1 N–H and O–H groups in total. The highest BCUT2D eigenvalue weighted by Crippen LogP contribution is 2.22. The Morgan fingerprint density at radius 3 is 2.54 bits per heavy atom. The fraction of sp³-hybridized carbons (Fsp3) is 0.211. The molecular weight excluding hydrogens is 412 g/mol. The SMILES string of the molecule is CC(NC(=O)CSc1nnc(-c2ccccc2)n1C)c1ccc(Br)cc1. The Bertz CT molecular complexity index is 880. The molecule has 134 valence electrons. The molecule has 1 amide bonds. The second-order valence-electron chi connectivity index (χ2n) is 5.86. The van der Waals surface area contributed by atoms with Crippen molar-refractivity contribution in [3.63, 3.8) is 0 Å². The summed E-state index contributed by atoms with van der Waals surface area (Å²) in [6, 6.07) is 17.8. The van der Waals surface area contributed by atoms with E-state index in [0.717, 1.165) is 26.6 Å². The van der Waals surface area contributed by atoms with Crippen molar-refractivity contribution in [1.29, 1.82) is 0 Å². The van der Waals surface area contributed by atoms with E-state index >= 15 is 0 Å². The van der Waals surface area contributed by atoms with Gasteiger partial charge in [-0.15, -0.1) is 10.2 Å². The van der Waals surface area contributed by atoms with Crippen LogP contribution >= 0.6 is 27.7 Å². The van der Waals surface area contributed by atoms with Gasteiger partial charge in [0.05, 0.1) is 11.8 Å². The monoisotopic (exact) mass is 430 g/mol. The minimum absolute atomic E-state index is 0.0327. The Morgan fingerprint density at radius 1 is 1.15 bits per heavy atom. The van der Waals surface area contributed by atoms with Crippen molar-refractivity contribution >= 4 is 33.6 Å². The number of halogens is 1. The summed E-state index contributed by atoms with van der Waals surface area (Å²) in [7, 11) is 1.91. The molecule has 0 spiro atoms. The maximum absolute atomic E-state index is 12.3. The predicted molar refractivity (Wildman–Crippen MR) is 108 cm³/mol. The number of thioether (sulfide) groups is 1. The largest absolute Gasteiger partial charge is 0.349 e. The number of benzene rings is 2. The van der Waals surface area contributed by atoms with Gasteiger partial charge in [-0.1, -0.05) is 70.2 Å². The van der Waals surface area contributed by atoms with E-state index in [1.807, 2.05) is 73.1 Å². The summed E-state index contributed by atoms with van der Waals surface area (Å²) in [5, 5.41) is 12.2. The number of carbonyl (C=O) groups excluding carboxylic acids is 1. The van der Waals surface area contributed by atoms with Gasteiger partial charge in [0, 0.05) is 17.1 Å². The van der Waals surface area contributed by atoms with Crippen LogP contribution in [0.4, 0.5) is 0 Å². The molecule has 3 aromatic rings. The Labute approximate surface area is 165 Å². The molecule has 1 unspecified atom stereocenters. The minimum atomic E-state index is -0.0458. The summed E-state index contributed by atoms with van der Waals surface area (Å²) in [6.45, 7) is 1.97. The summed E-state index contributed by atoms with van der Waals surface area (Å²) in [6.07, 6.45) is 0. The van der Waals surface area contributed by atoms with E-state index in [4.69, 9.17) is 0 Å². The molecule has 0 aliphatic rings. The molecule has 1 aromatic heterocycles. The summed E-state index contributed by atoms with van der Waals surface area (Å²) in [5.74, 6) is 1.05. The zero-order chi connectivity index (χ0) is 18.5. The number of carbonyl (C=O) groups is 1. The fourth-order valence-electron chi connectivity index (χ4n) is 2.53. The van der Waals surface area contributed by atoms with Crippen molar-refractivity contribution in [2.45, 2.75) is 18.1 Å². The average molecular weight is 431 g/mol. The number of hydrogen-bond donors (Lipinski definition) is 1. The van der Waals surface area contributed by atoms with Crippen LogP contribution in [0.3, 0.4) is 0 Å². The summed E-state index contributed by atoms with van der Waals surface area (Å²) >= 11 is 4.80. The first-order chi connectivity index (χ1) is 12.5. The van der Waals surface area contributed by atoms with Gasteiger partial charge in [0.1, 0.15) is 0 Å². The molecule has 7 heteroatoms. The lowest BCUT2D eigenvalue weighted by Gasteiger charge is -2.14. The van der Waals surface area contributed by atoms with Crippen molar-refractivity contribution in [3.8, 4) is 11.4 Å². The van der Waals surface area contributed by atoms with Crippen LogP contribution in [0.15, 0.2) is 64.2 Å². The number of aromatic nitrogens is 3. The third kappa shape index (κ3) is 4.53. The first-order valence-corrected chi connectivity index (χ1v) is 9.95. The van der Waals surface area contributed by atoms with Crippen molar-refractivity contribution in [3.05, 3.63) is 64.6 Å². The van der Waals surface area contributed by atoms with Crippen LogP contribution in [0.25, 0.3) is 11.4 Å². The van der Waals surface area contributed by atoms with Crippen molar-refractivity contribution in [2.75, 3.05) is 5.75 Å². The van der Waals surface area contributed by atoms with E-state index in [1.54, 1.807) is 0 Å². The lowest BCUT2D eigenvalue weighted by molar-refractivity contribution is -0.119. The normalized spacial score (nSPS) is 12.0. The molecule has 5 nitrogen and oxygen atoms in total. The molecule has 0 aliphatic heterocycles. The molecule has 0 bridgehead atoms. The smallest absolute Gasteiger partial charge is 0.230 e. The zero-order valence-corrected chi connectivity index (χ0v) is 16.9. The second kappa shape index (κ2) is 8.51. The standard InChI is InChI=1S/C19H19BrN4OS/c1-13(14-8-10-16(20)11-9-14)21-17(25)12-26-19-23-22-18(24(19)2)15-6-4-3-5-7-15/h3-11,13H,12H2,1-2H3,(H,21,25). The Morgan fingerprint density at radius 2 is 1.85 bits per heavy atom. The minimum Gasteiger partial charge on any atom is -0.349 e. The third-order valence-corrected chi connectivity index (χ3v) is 5.50. The number of rotatable bonds is 6. The molecule has 2 aromatic carbocycles. The van der Waals surface area contributed by atoms with Gasteiger partial charge in [0.15, 0.2) is 11.0 Å². The maximum Gasteiger partial charge on any atom is 0.230 e. The fourth-order valence-corrected chi connectivity index (χ4v) is 3.51. The molecule has 0 saturated carbocycles. The molecule has 1 atom stereocenters. The van der Waals surface area contributed by atoms with Crippen molar-refractivity contribution < 1.29 is 4.79 Å². The lowest BCUT2D eigenvalue weighted by atomic mass is 10.1. The highest BCUT2D eigenvalue weighted by atomic mass is 79.9. The van der Waals surface area contributed by atoms with Crippen LogP contribution in [-0.4, -0.2) is 26.4 Å². The quantitative estimate of drug-likeness (QED) is 0.594. The van der Waals surface area contributed by atoms with Crippen molar-refractivity contribution in [2.24, 2.45) is 7.05 Å². The Kier molecular flexibility index (Phi) is 6.11. The van der Waals surface area contributed by atoms with Crippen LogP contribution in [0.5, 0.6) is 0 Å². The summed E-state index contributed by atoms with van der Waals surface area (Å²) in [5.41, 5.74) is 2.07. The third-order valence-electron chi connectivity index (χ3n) is 3.95. The van der Waals surface area contributed by atoms with E-state index in [2.05, 4.69) is 31.4 Å². The zero-order valence-electron chi connectivity index (χ0n) is 14.5. The van der Waals surface area contributed by atoms with Crippen LogP contribution in [0.2, 0.25) is 0 Å². The number of nitrogens with one attached hydrogen (secondary N) is 1. The topological polar surface area (TPSA) is 59.8 Å². The van der Waals surface area contributed by atoms with Gasteiger partial charge in [-0.05, 0) is 24.6 Å². The van der Waals surface area contributed by atoms with Gasteiger partial charge >= 0.3 is 0 Å². The maximum atomic E-state index is 12.3. The molecule has 1 heterocycles. The number of hydrogen-bond acceptors (Lipinski definition) is 4. The van der Waals surface area contributed by atoms with Crippen molar-refractivity contribution in [1.82, 2.24) is 20.1 Å². The average Bonchev–Trinajstić information content (AvgIpc) is 3.02. The van der Waals surface area contributed by atoms with Gasteiger partial charge in [-0.25, -0.2) is 0 Å². The number of nitrogens with zero attached hydrogens (tertiary/aromatic N) is 3. The Hall–Kier alpha value is -2.12. The van der Waals surface area contributed by atoms with Crippen LogP contribution < -0.4 is 5.32 Å². The lowest BCUT2D eigenvalue weighted by Crippen LogP contribution is -2.28. The van der Waals surface area contributed by atoms with E-state index in [-0.39, 0.29) is 11.9 Å². The van der Waals surface area contributed by atoms with E-state index in [1.165, 1.54) is 11.8 Å². The van der Waals surface area contributed by atoms with Gasteiger partial charge in [0.25, 0.3) is 0 Å². The van der Waals surface area contributed by atoms with E-state index < -0.39 is 0 Å². The van der Waals surface area contributed by atoms with E-state index in [0.29, 0.717) is 5.75 Å². The number of amides is 1. The predicted octanol–water partition coefficient (Wildman–Crippen LogP) is 4.21. The summed E-state index contributed by atoms with van der Waals surface area (Å²) in [4.78, 5) is 12.3. The first-order valence-electron chi connectivity index (χ1n) is 8.17. The highest BCUT2D eigenvalue weighted by Gasteiger charge is 2.14. The summed E-state index contributed by atoms with van der Waals surface area (Å²) < 4.78 is 2.93. The van der Waals surface area contributed by atoms with Gasteiger partial charge < -0.3 is 9.88 Å². The van der Waals surface area contributed by atoms with Crippen LogP contribution in [0.1, 0.15) is 18.5 Å². The molecule has 0 radical (unpaired) electrons. The molecule has 0 aliphatic carbocycles. The molecular formula is C19H19BrN4OS. The van der Waals surface area contributed by atoms with E-state index in [9.17, 15) is 4.79 Å². The first kappa shape index (κ1) is 18.7. The Balaban J connectivity index is 1.58. The van der Waals surface area contributed by atoms with Crippen LogP contribution in [0, 0.1) is 0 Å². The van der Waals surface area contributed by atoms with Gasteiger partial charge in [-0.2, -0.15) is 0 Å². The van der Waals surface area contributed by atoms with Gasteiger partial charge in [-0.3, -0.25) is 4.79 Å². The molecule has 0 fully saturated rings. The van der Waals surface area contributed by atoms with Crippen LogP contribution in [-0.2, 0) is 11.8 Å². The molecule has 0 saturated heterocycles.